The Hall–Kier alpha value is -2.09. The van der Waals surface area contributed by atoms with Crippen LogP contribution in [0.1, 0.15) is 13.0 Å². The fraction of sp³-hybridized carbons (Fsp3) is 0.400. The lowest BCUT2D eigenvalue weighted by molar-refractivity contribution is -0.122. The molecule has 0 spiro atoms. The number of urea groups is 1. The van der Waals surface area contributed by atoms with Crippen molar-refractivity contribution < 1.29 is 14.3 Å². The van der Waals surface area contributed by atoms with Crippen molar-refractivity contribution in [2.45, 2.75) is 13.0 Å². The van der Waals surface area contributed by atoms with E-state index in [1.165, 1.54) is 21.1 Å². The molecule has 0 aliphatic carbocycles. The van der Waals surface area contributed by atoms with Crippen molar-refractivity contribution in [1.82, 2.24) is 20.2 Å². The smallest absolute Gasteiger partial charge is 0.321 e. The average molecular weight is 289 g/mol. The van der Waals surface area contributed by atoms with Crippen LogP contribution in [0.15, 0.2) is 11.1 Å². The number of amides is 3. The number of rotatable bonds is 3. The Morgan fingerprint density at radius 2 is 2.16 bits per heavy atom. The molecule has 0 aliphatic rings. The summed E-state index contributed by atoms with van der Waals surface area (Å²) in [4.78, 5) is 38.4. The van der Waals surface area contributed by atoms with Gasteiger partial charge in [-0.25, -0.2) is 9.78 Å². The summed E-state index contributed by atoms with van der Waals surface area (Å²) in [6.07, 6.45) is 1.11. The Kier molecular flexibility index (Phi) is 4.87. The van der Waals surface area contributed by atoms with Gasteiger partial charge in [0.1, 0.15) is 12.4 Å². The van der Waals surface area contributed by atoms with Gasteiger partial charge in [-0.2, -0.15) is 0 Å². The molecule has 0 saturated carbocycles. The van der Waals surface area contributed by atoms with Gasteiger partial charge >= 0.3 is 6.03 Å². The molecule has 1 atom stereocenters. The normalized spacial score (nSPS) is 11.6. The van der Waals surface area contributed by atoms with Gasteiger partial charge in [0.2, 0.25) is 5.75 Å². The SMILES string of the molecule is CNC(=O)NC(=O)C(C)n1cnc(Cl)c(OC)c1=O. The van der Waals surface area contributed by atoms with Gasteiger partial charge in [-0.1, -0.05) is 11.6 Å². The van der Waals surface area contributed by atoms with Crippen molar-refractivity contribution in [3.05, 3.63) is 21.8 Å². The molecule has 8 nitrogen and oxygen atoms in total. The zero-order chi connectivity index (χ0) is 14.6. The van der Waals surface area contributed by atoms with E-state index < -0.39 is 23.5 Å². The molecule has 0 aromatic carbocycles. The van der Waals surface area contributed by atoms with E-state index in [1.807, 2.05) is 0 Å². The highest BCUT2D eigenvalue weighted by Crippen LogP contribution is 2.16. The van der Waals surface area contributed by atoms with Gasteiger partial charge in [0.05, 0.1) is 7.11 Å². The van der Waals surface area contributed by atoms with Crippen LogP contribution in [-0.2, 0) is 4.79 Å². The monoisotopic (exact) mass is 288 g/mol. The zero-order valence-electron chi connectivity index (χ0n) is 10.6. The molecule has 1 heterocycles. The van der Waals surface area contributed by atoms with Gasteiger partial charge in [0, 0.05) is 7.05 Å². The molecule has 19 heavy (non-hydrogen) atoms. The number of methoxy groups -OCH3 is 1. The standard InChI is InChI=1S/C10H13ClN4O4/c1-5(8(16)14-10(18)12-2)15-4-13-7(11)6(19-3)9(15)17/h4-5H,1-3H3,(H2,12,14,16,18). The number of aromatic nitrogens is 2. The minimum atomic E-state index is -0.941. The number of imide groups is 1. The molecule has 9 heteroatoms. The van der Waals surface area contributed by atoms with E-state index in [-0.39, 0.29) is 10.9 Å². The molecule has 0 radical (unpaired) electrons. The van der Waals surface area contributed by atoms with E-state index in [1.54, 1.807) is 0 Å². The molecule has 3 amide bonds. The maximum atomic E-state index is 12.0. The van der Waals surface area contributed by atoms with E-state index in [0.29, 0.717) is 0 Å². The Labute approximate surface area is 113 Å². The van der Waals surface area contributed by atoms with Gasteiger partial charge in [-0.05, 0) is 6.92 Å². The lowest BCUT2D eigenvalue weighted by atomic mass is 10.3. The second kappa shape index (κ2) is 6.19. The topological polar surface area (TPSA) is 102 Å². The fourth-order valence-corrected chi connectivity index (χ4v) is 1.48. The third-order valence-electron chi connectivity index (χ3n) is 2.38. The predicted octanol–water partition coefficient (Wildman–Crippen LogP) is -0.0781. The summed E-state index contributed by atoms with van der Waals surface area (Å²) < 4.78 is 5.83. The minimum absolute atomic E-state index is 0.0948. The highest BCUT2D eigenvalue weighted by molar-refractivity contribution is 6.30. The Balaban J connectivity index is 3.07. The predicted molar refractivity (Wildman–Crippen MR) is 67.4 cm³/mol. The third-order valence-corrected chi connectivity index (χ3v) is 2.65. The molecular weight excluding hydrogens is 276 g/mol. The summed E-state index contributed by atoms with van der Waals surface area (Å²) in [7, 11) is 2.64. The summed E-state index contributed by atoms with van der Waals surface area (Å²) in [5, 5.41) is 4.19. The third kappa shape index (κ3) is 3.22. The Morgan fingerprint density at radius 1 is 1.53 bits per heavy atom. The number of carbonyl (C=O) groups is 2. The highest BCUT2D eigenvalue weighted by Gasteiger charge is 2.21. The van der Waals surface area contributed by atoms with Crippen molar-refractivity contribution in [1.29, 1.82) is 0 Å². The summed E-state index contributed by atoms with van der Waals surface area (Å²) in [6.45, 7) is 1.44. The van der Waals surface area contributed by atoms with Crippen LogP contribution in [0.5, 0.6) is 5.75 Å². The first kappa shape index (κ1) is 15.0. The molecular formula is C10H13ClN4O4. The van der Waals surface area contributed by atoms with Crippen LogP contribution in [0.3, 0.4) is 0 Å². The summed E-state index contributed by atoms with van der Waals surface area (Å²) in [6, 6.07) is -1.61. The van der Waals surface area contributed by atoms with Crippen molar-refractivity contribution in [3.8, 4) is 5.75 Å². The summed E-state index contributed by atoms with van der Waals surface area (Å²) in [5.41, 5.74) is -0.609. The Bertz CT molecular complexity index is 557. The van der Waals surface area contributed by atoms with Crippen LogP contribution in [0, 0.1) is 0 Å². The summed E-state index contributed by atoms with van der Waals surface area (Å²) >= 11 is 5.68. The molecule has 0 bridgehead atoms. The van der Waals surface area contributed by atoms with Crippen LogP contribution in [0.25, 0.3) is 0 Å². The lowest BCUT2D eigenvalue weighted by Gasteiger charge is -2.14. The van der Waals surface area contributed by atoms with Crippen LogP contribution < -0.4 is 20.9 Å². The highest BCUT2D eigenvalue weighted by atomic mass is 35.5. The number of halogens is 1. The molecule has 1 aromatic heterocycles. The second-order valence-electron chi connectivity index (χ2n) is 3.53. The molecule has 0 fully saturated rings. The molecule has 0 aliphatic heterocycles. The number of ether oxygens (including phenoxy) is 1. The number of hydrogen-bond acceptors (Lipinski definition) is 5. The van der Waals surface area contributed by atoms with Crippen molar-refractivity contribution in [2.24, 2.45) is 0 Å². The number of nitrogens with zero attached hydrogens (tertiary/aromatic N) is 2. The number of nitrogens with one attached hydrogen (secondary N) is 2. The summed E-state index contributed by atoms with van der Waals surface area (Å²) in [5.74, 6) is -0.823. The largest absolute Gasteiger partial charge is 0.489 e. The maximum Gasteiger partial charge on any atom is 0.321 e. The van der Waals surface area contributed by atoms with E-state index in [4.69, 9.17) is 16.3 Å². The zero-order valence-corrected chi connectivity index (χ0v) is 11.3. The molecule has 1 unspecified atom stereocenters. The average Bonchev–Trinajstić information content (AvgIpc) is 2.38. The first-order chi connectivity index (χ1) is 8.92. The lowest BCUT2D eigenvalue weighted by Crippen LogP contribution is -2.42. The van der Waals surface area contributed by atoms with Gasteiger partial charge in [0.15, 0.2) is 5.15 Å². The fourth-order valence-electron chi connectivity index (χ4n) is 1.28. The van der Waals surface area contributed by atoms with Gasteiger partial charge < -0.3 is 10.1 Å². The van der Waals surface area contributed by atoms with Crippen LogP contribution in [0.2, 0.25) is 5.15 Å². The van der Waals surface area contributed by atoms with Crippen molar-refractivity contribution in [3.63, 3.8) is 0 Å². The minimum Gasteiger partial charge on any atom is -0.489 e. The molecule has 1 aromatic rings. The van der Waals surface area contributed by atoms with Crippen LogP contribution in [0.4, 0.5) is 4.79 Å². The van der Waals surface area contributed by atoms with E-state index >= 15 is 0 Å². The molecule has 104 valence electrons. The van der Waals surface area contributed by atoms with Gasteiger partial charge in [-0.15, -0.1) is 0 Å². The molecule has 2 N–H and O–H groups in total. The van der Waals surface area contributed by atoms with Crippen molar-refractivity contribution in [2.75, 3.05) is 14.2 Å². The second-order valence-corrected chi connectivity index (χ2v) is 3.88. The van der Waals surface area contributed by atoms with E-state index in [0.717, 1.165) is 10.9 Å². The number of hydrogen-bond donors (Lipinski definition) is 2. The van der Waals surface area contributed by atoms with Crippen LogP contribution in [-0.4, -0.2) is 35.6 Å². The van der Waals surface area contributed by atoms with E-state index in [9.17, 15) is 14.4 Å². The van der Waals surface area contributed by atoms with Crippen molar-refractivity contribution >= 4 is 23.5 Å². The maximum absolute atomic E-state index is 12.0. The Morgan fingerprint density at radius 3 is 2.68 bits per heavy atom. The van der Waals surface area contributed by atoms with Crippen LogP contribution >= 0.6 is 11.6 Å². The first-order valence-corrected chi connectivity index (χ1v) is 5.63. The first-order valence-electron chi connectivity index (χ1n) is 5.25. The van der Waals surface area contributed by atoms with Gasteiger partial charge in [0.25, 0.3) is 11.5 Å². The molecule has 1 rings (SSSR count). The number of carbonyl (C=O) groups excluding carboxylic acids is 2. The van der Waals surface area contributed by atoms with E-state index in [2.05, 4.69) is 15.6 Å². The molecule has 0 saturated heterocycles. The quantitative estimate of drug-likeness (QED) is 0.758. The van der Waals surface area contributed by atoms with Gasteiger partial charge in [-0.3, -0.25) is 19.5 Å².